The molecule has 1 heterocycles. The van der Waals surface area contributed by atoms with Gasteiger partial charge in [0.05, 0.1) is 18.6 Å². The Bertz CT molecular complexity index is 1150. The lowest BCUT2D eigenvalue weighted by molar-refractivity contribution is -0.113. The van der Waals surface area contributed by atoms with Crippen molar-refractivity contribution in [1.82, 2.24) is 14.8 Å². The highest BCUT2D eigenvalue weighted by Gasteiger charge is 2.11. The SMILES string of the molecule is COc1cccc(-n2cnnc2SCC(=O)Nc2ccc(Oc3ccccc3)cc2)c1. The number of para-hydroxylation sites is 1. The van der Waals surface area contributed by atoms with Crippen LogP contribution in [0.4, 0.5) is 5.69 Å². The molecule has 31 heavy (non-hydrogen) atoms. The summed E-state index contributed by atoms with van der Waals surface area (Å²) in [6.07, 6.45) is 1.61. The predicted octanol–water partition coefficient (Wildman–Crippen LogP) is 4.80. The van der Waals surface area contributed by atoms with Gasteiger partial charge in [0.15, 0.2) is 5.16 Å². The molecule has 0 aliphatic rings. The molecule has 8 heteroatoms. The zero-order valence-electron chi connectivity index (χ0n) is 16.8. The van der Waals surface area contributed by atoms with E-state index in [2.05, 4.69) is 15.5 Å². The van der Waals surface area contributed by atoms with Gasteiger partial charge in [-0.3, -0.25) is 9.36 Å². The molecule has 0 aliphatic carbocycles. The standard InChI is InChI=1S/C23H20N4O3S/c1-29-21-9-5-6-18(14-21)27-16-24-26-23(27)31-15-22(28)25-17-10-12-20(13-11-17)30-19-7-3-2-4-8-19/h2-14,16H,15H2,1H3,(H,25,28). The molecule has 4 rings (SSSR count). The fourth-order valence-corrected chi connectivity index (χ4v) is 3.55. The molecule has 0 atom stereocenters. The second-order valence-corrected chi connectivity index (χ2v) is 7.40. The number of benzene rings is 3. The van der Waals surface area contributed by atoms with Gasteiger partial charge < -0.3 is 14.8 Å². The molecule has 1 N–H and O–H groups in total. The minimum absolute atomic E-state index is 0.137. The molecule has 0 radical (unpaired) electrons. The zero-order chi connectivity index (χ0) is 21.5. The number of rotatable bonds is 8. The minimum Gasteiger partial charge on any atom is -0.497 e. The van der Waals surface area contributed by atoms with Crippen LogP contribution in [0.1, 0.15) is 0 Å². The van der Waals surface area contributed by atoms with E-state index in [4.69, 9.17) is 9.47 Å². The summed E-state index contributed by atoms with van der Waals surface area (Å²) in [5.74, 6) is 2.26. The number of nitrogens with zero attached hydrogens (tertiary/aromatic N) is 3. The normalized spacial score (nSPS) is 10.5. The third-order valence-electron chi connectivity index (χ3n) is 4.30. The lowest BCUT2D eigenvalue weighted by Gasteiger charge is -2.09. The molecule has 0 spiro atoms. The van der Waals surface area contributed by atoms with E-state index in [1.807, 2.05) is 71.3 Å². The van der Waals surface area contributed by atoms with Crippen LogP contribution in [0.15, 0.2) is 90.3 Å². The van der Waals surface area contributed by atoms with Crippen molar-refractivity contribution in [2.75, 3.05) is 18.2 Å². The fourth-order valence-electron chi connectivity index (χ4n) is 2.82. The number of carbonyl (C=O) groups excluding carboxylic acids is 1. The van der Waals surface area contributed by atoms with E-state index in [9.17, 15) is 4.79 Å². The number of ether oxygens (including phenoxy) is 2. The maximum atomic E-state index is 12.4. The van der Waals surface area contributed by atoms with Crippen molar-refractivity contribution in [3.05, 3.63) is 85.2 Å². The molecule has 0 unspecified atom stereocenters. The summed E-state index contributed by atoms with van der Waals surface area (Å²) in [6, 6.07) is 24.3. The van der Waals surface area contributed by atoms with Crippen molar-refractivity contribution in [3.8, 4) is 22.9 Å². The Balaban J connectivity index is 1.33. The third kappa shape index (κ3) is 5.43. The third-order valence-corrected chi connectivity index (χ3v) is 5.24. The van der Waals surface area contributed by atoms with E-state index >= 15 is 0 Å². The first-order valence-electron chi connectivity index (χ1n) is 9.51. The van der Waals surface area contributed by atoms with E-state index < -0.39 is 0 Å². The van der Waals surface area contributed by atoms with Gasteiger partial charge in [-0.15, -0.1) is 10.2 Å². The first-order chi connectivity index (χ1) is 15.2. The molecular weight excluding hydrogens is 412 g/mol. The van der Waals surface area contributed by atoms with Gasteiger partial charge in [0.25, 0.3) is 0 Å². The molecule has 0 saturated heterocycles. The van der Waals surface area contributed by atoms with E-state index in [1.54, 1.807) is 25.6 Å². The van der Waals surface area contributed by atoms with Gasteiger partial charge in [-0.05, 0) is 48.5 Å². The molecule has 4 aromatic rings. The fraction of sp³-hybridized carbons (Fsp3) is 0.0870. The minimum atomic E-state index is -0.137. The van der Waals surface area contributed by atoms with Crippen LogP contribution in [0.5, 0.6) is 17.2 Å². The number of anilines is 1. The predicted molar refractivity (Wildman–Crippen MR) is 120 cm³/mol. The zero-order valence-corrected chi connectivity index (χ0v) is 17.6. The molecule has 1 amide bonds. The molecule has 0 aliphatic heterocycles. The summed E-state index contributed by atoms with van der Waals surface area (Å²) < 4.78 is 12.8. The first kappa shape index (κ1) is 20.5. The van der Waals surface area contributed by atoms with E-state index in [0.29, 0.717) is 16.6 Å². The van der Waals surface area contributed by atoms with Crippen LogP contribution in [0.3, 0.4) is 0 Å². The second kappa shape index (κ2) is 9.82. The van der Waals surface area contributed by atoms with E-state index in [0.717, 1.165) is 17.2 Å². The highest BCUT2D eigenvalue weighted by molar-refractivity contribution is 7.99. The van der Waals surface area contributed by atoms with Crippen molar-refractivity contribution >= 4 is 23.4 Å². The molecule has 0 saturated carbocycles. The van der Waals surface area contributed by atoms with Crippen LogP contribution in [-0.4, -0.2) is 33.5 Å². The van der Waals surface area contributed by atoms with Crippen molar-refractivity contribution < 1.29 is 14.3 Å². The molecule has 7 nitrogen and oxygen atoms in total. The average molecular weight is 433 g/mol. The summed E-state index contributed by atoms with van der Waals surface area (Å²) >= 11 is 1.31. The Morgan fingerprint density at radius 3 is 2.48 bits per heavy atom. The largest absolute Gasteiger partial charge is 0.497 e. The average Bonchev–Trinajstić information content (AvgIpc) is 3.28. The first-order valence-corrected chi connectivity index (χ1v) is 10.5. The number of hydrogen-bond donors (Lipinski definition) is 1. The summed E-state index contributed by atoms with van der Waals surface area (Å²) in [5, 5.41) is 11.6. The van der Waals surface area contributed by atoms with Crippen LogP contribution in [0.2, 0.25) is 0 Å². The Morgan fingerprint density at radius 2 is 1.71 bits per heavy atom. The summed E-state index contributed by atoms with van der Waals surface area (Å²) in [6.45, 7) is 0. The van der Waals surface area contributed by atoms with Gasteiger partial charge in [0.2, 0.25) is 5.91 Å². The number of methoxy groups -OCH3 is 1. The maximum Gasteiger partial charge on any atom is 0.234 e. The lowest BCUT2D eigenvalue weighted by Crippen LogP contribution is -2.14. The van der Waals surface area contributed by atoms with Gasteiger partial charge >= 0.3 is 0 Å². The molecule has 1 aromatic heterocycles. The van der Waals surface area contributed by atoms with Crippen LogP contribution < -0.4 is 14.8 Å². The summed E-state index contributed by atoms with van der Waals surface area (Å²) in [7, 11) is 1.62. The summed E-state index contributed by atoms with van der Waals surface area (Å²) in [5.41, 5.74) is 1.56. The number of thioether (sulfide) groups is 1. The van der Waals surface area contributed by atoms with Crippen LogP contribution in [0.25, 0.3) is 5.69 Å². The molecule has 0 fully saturated rings. The highest BCUT2D eigenvalue weighted by Crippen LogP contribution is 2.24. The number of hydrogen-bond acceptors (Lipinski definition) is 6. The van der Waals surface area contributed by atoms with Gasteiger partial charge in [-0.1, -0.05) is 36.0 Å². The van der Waals surface area contributed by atoms with Crippen molar-refractivity contribution in [2.24, 2.45) is 0 Å². The number of amides is 1. The van der Waals surface area contributed by atoms with Crippen molar-refractivity contribution in [3.63, 3.8) is 0 Å². The van der Waals surface area contributed by atoms with Crippen LogP contribution in [0, 0.1) is 0 Å². The Labute approximate surface area is 184 Å². The molecule has 3 aromatic carbocycles. The van der Waals surface area contributed by atoms with Crippen LogP contribution in [-0.2, 0) is 4.79 Å². The second-order valence-electron chi connectivity index (χ2n) is 6.46. The maximum absolute atomic E-state index is 12.4. The Kier molecular flexibility index (Phi) is 6.49. The monoisotopic (exact) mass is 432 g/mol. The van der Waals surface area contributed by atoms with E-state index in [-0.39, 0.29) is 11.7 Å². The van der Waals surface area contributed by atoms with Crippen molar-refractivity contribution in [2.45, 2.75) is 5.16 Å². The van der Waals surface area contributed by atoms with E-state index in [1.165, 1.54) is 11.8 Å². The quantitative estimate of drug-likeness (QED) is 0.403. The van der Waals surface area contributed by atoms with Gasteiger partial charge in [-0.25, -0.2) is 0 Å². The topological polar surface area (TPSA) is 78.3 Å². The Morgan fingerprint density at radius 1 is 0.968 bits per heavy atom. The number of aromatic nitrogens is 3. The number of nitrogens with one attached hydrogen (secondary N) is 1. The van der Waals surface area contributed by atoms with Crippen molar-refractivity contribution in [1.29, 1.82) is 0 Å². The summed E-state index contributed by atoms with van der Waals surface area (Å²) in [4.78, 5) is 12.4. The number of carbonyl (C=O) groups is 1. The van der Waals surface area contributed by atoms with Gasteiger partial charge in [-0.2, -0.15) is 0 Å². The Hall–Kier alpha value is -3.78. The smallest absolute Gasteiger partial charge is 0.234 e. The lowest BCUT2D eigenvalue weighted by atomic mass is 10.3. The molecule has 0 bridgehead atoms. The van der Waals surface area contributed by atoms with Gasteiger partial charge in [0, 0.05) is 11.8 Å². The highest BCUT2D eigenvalue weighted by atomic mass is 32.2. The molecule has 156 valence electrons. The van der Waals surface area contributed by atoms with Gasteiger partial charge in [0.1, 0.15) is 23.6 Å². The van der Waals surface area contributed by atoms with Crippen LogP contribution >= 0.6 is 11.8 Å². The molecular formula is C23H20N4O3S.